The van der Waals surface area contributed by atoms with Crippen molar-refractivity contribution < 1.29 is 29.0 Å². The molecule has 8 heteroatoms. The molecule has 0 radical (unpaired) electrons. The Bertz CT molecular complexity index is 906. The summed E-state index contributed by atoms with van der Waals surface area (Å²) in [5, 5.41) is 14.7. The molecule has 2 atom stereocenters. The van der Waals surface area contributed by atoms with Crippen molar-refractivity contribution in [3.05, 3.63) is 65.7 Å². The number of nitrogens with one attached hydrogen (secondary N) is 2. The summed E-state index contributed by atoms with van der Waals surface area (Å²) in [7, 11) is 0. The number of alkyl carbamates (subject to hydrolysis) is 1. The largest absolute Gasteiger partial charge is 0.508 e. The van der Waals surface area contributed by atoms with Crippen molar-refractivity contribution in [2.45, 2.75) is 58.4 Å². The highest BCUT2D eigenvalue weighted by Crippen LogP contribution is 2.19. The van der Waals surface area contributed by atoms with Crippen molar-refractivity contribution in [1.29, 1.82) is 0 Å². The molecule has 0 aliphatic heterocycles. The fraction of sp³-hybridized carbons (Fsp3) is 0.375. The predicted octanol–water partition coefficient (Wildman–Crippen LogP) is 3.60. The van der Waals surface area contributed by atoms with Crippen LogP contribution in [0.15, 0.2) is 54.6 Å². The number of aromatic hydroxyl groups is 1. The van der Waals surface area contributed by atoms with Gasteiger partial charge in [-0.1, -0.05) is 49.4 Å². The molecule has 172 valence electrons. The second-order valence-corrected chi connectivity index (χ2v) is 8.23. The predicted molar refractivity (Wildman–Crippen MR) is 119 cm³/mol. The van der Waals surface area contributed by atoms with Crippen LogP contribution >= 0.6 is 0 Å². The lowest BCUT2D eigenvalue weighted by Gasteiger charge is -2.25. The number of carbonyl (C=O) groups excluding carboxylic acids is 3. The number of amides is 2. The summed E-state index contributed by atoms with van der Waals surface area (Å²) in [5.41, 5.74) is 0.505. The molecule has 0 saturated heterocycles. The Morgan fingerprint density at radius 1 is 0.969 bits per heavy atom. The van der Waals surface area contributed by atoms with Crippen LogP contribution in [0, 0.1) is 0 Å². The van der Waals surface area contributed by atoms with Crippen LogP contribution in [0.25, 0.3) is 0 Å². The van der Waals surface area contributed by atoms with Crippen LogP contribution in [0.2, 0.25) is 0 Å². The molecule has 8 nitrogen and oxygen atoms in total. The third-order valence-corrected chi connectivity index (χ3v) is 4.38. The monoisotopic (exact) mass is 442 g/mol. The smallest absolute Gasteiger partial charge is 0.408 e. The molecule has 0 saturated carbocycles. The molecule has 0 fully saturated rings. The minimum atomic E-state index is -1.14. The number of hydrogen-bond acceptors (Lipinski definition) is 6. The Hall–Kier alpha value is -3.55. The van der Waals surface area contributed by atoms with E-state index in [0.29, 0.717) is 12.0 Å². The van der Waals surface area contributed by atoms with Crippen molar-refractivity contribution >= 4 is 18.0 Å². The maximum atomic E-state index is 13.0. The molecule has 0 aliphatic rings. The maximum absolute atomic E-state index is 13.0. The second-order valence-electron chi connectivity index (χ2n) is 8.23. The molecule has 2 aromatic carbocycles. The lowest BCUT2D eigenvalue weighted by molar-refractivity contribution is -0.158. The van der Waals surface area contributed by atoms with E-state index >= 15 is 0 Å². The van der Waals surface area contributed by atoms with Gasteiger partial charge in [-0.25, -0.2) is 9.59 Å². The molecular formula is C24H30N2O6. The van der Waals surface area contributed by atoms with Crippen LogP contribution in [0.3, 0.4) is 0 Å². The van der Waals surface area contributed by atoms with E-state index in [0.717, 1.165) is 5.56 Å². The molecular weight excluding hydrogens is 412 g/mol. The minimum absolute atomic E-state index is 0.0137. The Morgan fingerprint density at radius 3 is 2.16 bits per heavy atom. The summed E-state index contributed by atoms with van der Waals surface area (Å²) < 4.78 is 10.6. The zero-order valence-electron chi connectivity index (χ0n) is 18.8. The van der Waals surface area contributed by atoms with Gasteiger partial charge in [0.05, 0.1) is 0 Å². The van der Waals surface area contributed by atoms with Gasteiger partial charge in [0.15, 0.2) is 0 Å². The normalized spacial score (nSPS) is 12.9. The summed E-state index contributed by atoms with van der Waals surface area (Å²) in [5.74, 6) is -1.16. The first kappa shape index (κ1) is 24.7. The van der Waals surface area contributed by atoms with Crippen molar-refractivity contribution in [3.8, 4) is 5.75 Å². The van der Waals surface area contributed by atoms with Gasteiger partial charge in [-0.15, -0.1) is 0 Å². The summed E-state index contributed by atoms with van der Waals surface area (Å²) >= 11 is 0. The third kappa shape index (κ3) is 7.94. The average molecular weight is 443 g/mol. The van der Waals surface area contributed by atoms with Crippen LogP contribution in [0.5, 0.6) is 5.75 Å². The Balaban J connectivity index is 2.13. The fourth-order valence-electron chi connectivity index (χ4n) is 2.81. The number of hydrogen-bond donors (Lipinski definition) is 3. The van der Waals surface area contributed by atoms with Crippen molar-refractivity contribution in [3.63, 3.8) is 0 Å². The standard InChI is InChI=1S/C24H30N2O6/c1-5-19(22(29)32-24(2,3)4)25-21(28)20(17-11-13-18(27)14-12-17)26-23(30)31-15-16-9-7-6-8-10-16/h6-14,19-20,27H,5,15H2,1-4H3,(H,25,28)(H,26,30)/t19-,20?/m0/s1. The molecule has 0 heterocycles. The Kier molecular flexibility index (Phi) is 8.63. The number of carbonyl (C=O) groups is 3. The van der Waals surface area contributed by atoms with Gasteiger partial charge >= 0.3 is 12.1 Å². The van der Waals surface area contributed by atoms with Crippen LogP contribution in [0.4, 0.5) is 4.79 Å². The van der Waals surface area contributed by atoms with E-state index in [-0.39, 0.29) is 12.4 Å². The first-order valence-electron chi connectivity index (χ1n) is 10.4. The molecule has 0 aromatic heterocycles. The van der Waals surface area contributed by atoms with E-state index in [1.807, 2.05) is 30.3 Å². The molecule has 2 amide bonds. The summed E-state index contributed by atoms with van der Waals surface area (Å²) in [6.07, 6.45) is -0.492. The quantitative estimate of drug-likeness (QED) is 0.538. The third-order valence-electron chi connectivity index (χ3n) is 4.38. The summed E-state index contributed by atoms with van der Waals surface area (Å²) in [6.45, 7) is 6.99. The molecule has 3 N–H and O–H groups in total. The van der Waals surface area contributed by atoms with Crippen LogP contribution < -0.4 is 10.6 Å². The van der Waals surface area contributed by atoms with E-state index < -0.39 is 35.7 Å². The highest BCUT2D eigenvalue weighted by Gasteiger charge is 2.30. The summed E-state index contributed by atoms with van der Waals surface area (Å²) in [6, 6.07) is 12.9. The van der Waals surface area contributed by atoms with E-state index in [1.165, 1.54) is 24.3 Å². The number of benzene rings is 2. The van der Waals surface area contributed by atoms with E-state index in [1.54, 1.807) is 27.7 Å². The minimum Gasteiger partial charge on any atom is -0.508 e. The first-order valence-corrected chi connectivity index (χ1v) is 10.4. The van der Waals surface area contributed by atoms with Crippen molar-refractivity contribution in [2.75, 3.05) is 0 Å². The Morgan fingerprint density at radius 2 is 1.59 bits per heavy atom. The van der Waals surface area contributed by atoms with Gasteiger partial charge in [-0.05, 0) is 50.5 Å². The van der Waals surface area contributed by atoms with Gasteiger partial charge in [0.2, 0.25) is 5.91 Å². The van der Waals surface area contributed by atoms with Crippen LogP contribution in [-0.4, -0.2) is 34.7 Å². The van der Waals surface area contributed by atoms with Crippen LogP contribution in [0.1, 0.15) is 51.3 Å². The molecule has 2 aromatic rings. The fourth-order valence-corrected chi connectivity index (χ4v) is 2.81. The number of phenolic OH excluding ortho intramolecular Hbond substituents is 1. The topological polar surface area (TPSA) is 114 Å². The number of rotatable bonds is 8. The molecule has 0 bridgehead atoms. The summed E-state index contributed by atoms with van der Waals surface area (Å²) in [4.78, 5) is 37.8. The Labute approximate surface area is 187 Å². The van der Waals surface area contributed by atoms with Gasteiger partial charge < -0.3 is 25.2 Å². The lowest BCUT2D eigenvalue weighted by atomic mass is 10.1. The van der Waals surface area contributed by atoms with Crippen LogP contribution in [-0.2, 0) is 25.7 Å². The zero-order valence-corrected chi connectivity index (χ0v) is 18.8. The molecule has 32 heavy (non-hydrogen) atoms. The van der Waals surface area contributed by atoms with Gasteiger partial charge in [0.25, 0.3) is 0 Å². The van der Waals surface area contributed by atoms with Gasteiger partial charge in [0, 0.05) is 0 Å². The van der Waals surface area contributed by atoms with E-state index in [4.69, 9.17) is 9.47 Å². The molecule has 0 aliphatic carbocycles. The highest BCUT2D eigenvalue weighted by atomic mass is 16.6. The van der Waals surface area contributed by atoms with E-state index in [9.17, 15) is 19.5 Å². The molecule has 1 unspecified atom stereocenters. The van der Waals surface area contributed by atoms with Gasteiger partial charge in [0.1, 0.15) is 30.0 Å². The SMILES string of the molecule is CC[C@H](NC(=O)C(NC(=O)OCc1ccccc1)c1ccc(O)cc1)C(=O)OC(C)(C)C. The number of phenols is 1. The van der Waals surface area contributed by atoms with Gasteiger partial charge in [-0.3, -0.25) is 4.79 Å². The van der Waals surface area contributed by atoms with E-state index in [2.05, 4.69) is 10.6 Å². The zero-order chi connectivity index (χ0) is 23.7. The maximum Gasteiger partial charge on any atom is 0.408 e. The number of esters is 1. The highest BCUT2D eigenvalue weighted by molar-refractivity contribution is 5.90. The van der Waals surface area contributed by atoms with Crippen molar-refractivity contribution in [2.24, 2.45) is 0 Å². The van der Waals surface area contributed by atoms with Crippen molar-refractivity contribution in [1.82, 2.24) is 10.6 Å². The van der Waals surface area contributed by atoms with Gasteiger partial charge in [-0.2, -0.15) is 0 Å². The lowest BCUT2D eigenvalue weighted by Crippen LogP contribution is -2.48. The number of ether oxygens (including phenoxy) is 2. The second kappa shape index (κ2) is 11.2. The first-order chi connectivity index (χ1) is 15.1. The average Bonchev–Trinajstić information content (AvgIpc) is 2.74. The molecule has 0 spiro atoms. The molecule has 2 rings (SSSR count).